The fourth-order valence-corrected chi connectivity index (χ4v) is 3.01. The van der Waals surface area contributed by atoms with Gasteiger partial charge >= 0.3 is 0 Å². The van der Waals surface area contributed by atoms with E-state index in [1.807, 2.05) is 6.92 Å². The molecule has 2 N–H and O–H groups in total. The predicted molar refractivity (Wildman–Crippen MR) is 66.7 cm³/mol. The molecule has 1 heterocycles. The van der Waals surface area contributed by atoms with Crippen LogP contribution >= 0.6 is 23.1 Å². The van der Waals surface area contributed by atoms with Crippen LogP contribution in [-0.2, 0) is 0 Å². The first kappa shape index (κ1) is 13.0. The summed E-state index contributed by atoms with van der Waals surface area (Å²) in [5, 5.41) is 14.5. The summed E-state index contributed by atoms with van der Waals surface area (Å²) in [6.45, 7) is 5.28. The normalized spacial score (nSPS) is 13.0. The van der Waals surface area contributed by atoms with E-state index in [2.05, 4.69) is 22.6 Å². The van der Waals surface area contributed by atoms with Crippen LogP contribution in [0.4, 0.5) is 0 Å². The Labute approximate surface area is 99.3 Å². The van der Waals surface area contributed by atoms with Crippen molar-refractivity contribution in [3.05, 3.63) is 11.1 Å². The summed E-state index contributed by atoms with van der Waals surface area (Å²) in [5.74, 6) is 0.878. The maximum Gasteiger partial charge on any atom is 0.150 e. The number of thiazole rings is 1. The third-order valence-electron chi connectivity index (χ3n) is 1.91. The minimum absolute atomic E-state index is 0.180. The zero-order valence-corrected chi connectivity index (χ0v) is 10.8. The van der Waals surface area contributed by atoms with E-state index in [9.17, 15) is 0 Å². The molecule has 0 amide bonds. The minimum Gasteiger partial charge on any atom is -0.395 e. The number of hydrogen-bond donors (Lipinski definition) is 2. The fraction of sp³-hybridized carbons (Fsp3) is 0.700. The predicted octanol–water partition coefficient (Wildman–Crippen LogP) is 1.90. The number of rotatable bonds is 7. The summed E-state index contributed by atoms with van der Waals surface area (Å²) in [7, 11) is 0. The van der Waals surface area contributed by atoms with Crippen molar-refractivity contribution < 1.29 is 5.11 Å². The summed E-state index contributed by atoms with van der Waals surface area (Å²) in [6.07, 6.45) is 1.09. The van der Waals surface area contributed by atoms with Gasteiger partial charge in [-0.05, 0) is 19.9 Å². The molecule has 0 radical (unpaired) electrons. The summed E-state index contributed by atoms with van der Waals surface area (Å²) >= 11 is 3.38. The molecule has 0 saturated heterocycles. The van der Waals surface area contributed by atoms with Crippen molar-refractivity contribution in [2.75, 3.05) is 18.9 Å². The quantitative estimate of drug-likeness (QED) is 0.721. The maximum absolute atomic E-state index is 9.14. The number of aliphatic hydroxyl groups excluding tert-OH is 1. The first-order valence-electron chi connectivity index (χ1n) is 5.15. The molecular weight excluding hydrogens is 228 g/mol. The minimum atomic E-state index is 0.180. The smallest absolute Gasteiger partial charge is 0.150 e. The second-order valence-corrected chi connectivity index (χ2v) is 5.52. The highest BCUT2D eigenvalue weighted by molar-refractivity contribution is 8.01. The average molecular weight is 246 g/mol. The molecule has 0 spiro atoms. The van der Waals surface area contributed by atoms with E-state index in [4.69, 9.17) is 5.11 Å². The molecule has 0 saturated carbocycles. The van der Waals surface area contributed by atoms with Gasteiger partial charge in [-0.1, -0.05) is 18.7 Å². The lowest BCUT2D eigenvalue weighted by Gasteiger charge is -2.14. The molecule has 1 rings (SSSR count). The number of aromatic nitrogens is 1. The maximum atomic E-state index is 9.14. The van der Waals surface area contributed by atoms with Gasteiger partial charge in [-0.15, -0.1) is 11.3 Å². The molecule has 86 valence electrons. The second kappa shape index (κ2) is 7.22. The van der Waals surface area contributed by atoms with Gasteiger partial charge in [-0.2, -0.15) is 0 Å². The highest BCUT2D eigenvalue weighted by atomic mass is 32.2. The molecule has 3 nitrogen and oxygen atoms in total. The van der Waals surface area contributed by atoms with E-state index in [0.717, 1.165) is 28.8 Å². The number of aliphatic hydroxyl groups is 1. The molecule has 1 aromatic heterocycles. The highest BCUT2D eigenvalue weighted by Gasteiger charge is 2.08. The number of hydrogen-bond acceptors (Lipinski definition) is 5. The van der Waals surface area contributed by atoms with Crippen LogP contribution in [0.1, 0.15) is 19.0 Å². The Morgan fingerprint density at radius 1 is 1.67 bits per heavy atom. The first-order chi connectivity index (χ1) is 7.26. The molecule has 0 aliphatic rings. The topological polar surface area (TPSA) is 45.1 Å². The second-order valence-electron chi connectivity index (χ2n) is 3.40. The van der Waals surface area contributed by atoms with Gasteiger partial charge in [0, 0.05) is 22.9 Å². The van der Waals surface area contributed by atoms with Gasteiger partial charge < -0.3 is 10.4 Å². The summed E-state index contributed by atoms with van der Waals surface area (Å²) in [5.41, 5.74) is 1.07. The molecule has 1 unspecified atom stereocenters. The Morgan fingerprint density at radius 2 is 2.47 bits per heavy atom. The van der Waals surface area contributed by atoms with Crippen LogP contribution in [0.25, 0.3) is 0 Å². The molecule has 0 fully saturated rings. The average Bonchev–Trinajstić information content (AvgIpc) is 2.65. The van der Waals surface area contributed by atoms with Crippen LogP contribution in [0.2, 0.25) is 0 Å². The van der Waals surface area contributed by atoms with Crippen LogP contribution in [0.5, 0.6) is 0 Å². The molecule has 0 aliphatic heterocycles. The molecule has 0 aliphatic carbocycles. The van der Waals surface area contributed by atoms with Crippen LogP contribution in [-0.4, -0.2) is 35.0 Å². The van der Waals surface area contributed by atoms with Crippen molar-refractivity contribution in [3.63, 3.8) is 0 Å². The Hall–Kier alpha value is -0.100. The molecule has 0 bridgehead atoms. The molecular formula is C10H18N2OS2. The SMILES string of the molecule is CCCNC(CO)CSc1nc(C)cs1. The van der Waals surface area contributed by atoms with Crippen LogP contribution < -0.4 is 5.32 Å². The van der Waals surface area contributed by atoms with Crippen LogP contribution in [0.3, 0.4) is 0 Å². The van der Waals surface area contributed by atoms with Crippen molar-refractivity contribution in [1.82, 2.24) is 10.3 Å². The lowest BCUT2D eigenvalue weighted by atomic mass is 10.3. The highest BCUT2D eigenvalue weighted by Crippen LogP contribution is 2.22. The molecule has 15 heavy (non-hydrogen) atoms. The van der Waals surface area contributed by atoms with Gasteiger partial charge in [0.15, 0.2) is 0 Å². The standard InChI is InChI=1S/C10H18N2OS2/c1-3-4-11-9(5-13)7-15-10-12-8(2)6-14-10/h6,9,11,13H,3-5,7H2,1-2H3. The van der Waals surface area contributed by atoms with Crippen LogP contribution in [0.15, 0.2) is 9.72 Å². The summed E-state index contributed by atoms with van der Waals surface area (Å²) in [4.78, 5) is 4.37. The lowest BCUT2D eigenvalue weighted by molar-refractivity contribution is 0.254. The monoisotopic (exact) mass is 246 g/mol. The van der Waals surface area contributed by atoms with Crippen molar-refractivity contribution in [3.8, 4) is 0 Å². The van der Waals surface area contributed by atoms with Gasteiger partial charge in [0.05, 0.1) is 6.61 Å². The molecule has 0 aromatic carbocycles. The molecule has 5 heteroatoms. The van der Waals surface area contributed by atoms with Gasteiger partial charge in [0.1, 0.15) is 4.34 Å². The van der Waals surface area contributed by atoms with E-state index in [1.165, 1.54) is 0 Å². The van der Waals surface area contributed by atoms with Gasteiger partial charge in [-0.25, -0.2) is 4.98 Å². The van der Waals surface area contributed by atoms with E-state index >= 15 is 0 Å². The molecule has 1 aromatic rings. The van der Waals surface area contributed by atoms with Crippen molar-refractivity contribution in [2.24, 2.45) is 0 Å². The number of aryl methyl sites for hydroxylation is 1. The Bertz CT molecular complexity index is 278. The van der Waals surface area contributed by atoms with Crippen molar-refractivity contribution in [2.45, 2.75) is 30.6 Å². The van der Waals surface area contributed by atoms with E-state index < -0.39 is 0 Å². The van der Waals surface area contributed by atoms with E-state index in [1.54, 1.807) is 23.1 Å². The van der Waals surface area contributed by atoms with E-state index in [-0.39, 0.29) is 12.6 Å². The zero-order valence-electron chi connectivity index (χ0n) is 9.19. The van der Waals surface area contributed by atoms with Crippen molar-refractivity contribution in [1.29, 1.82) is 0 Å². The van der Waals surface area contributed by atoms with Gasteiger partial charge in [-0.3, -0.25) is 0 Å². The van der Waals surface area contributed by atoms with Gasteiger partial charge in [0.2, 0.25) is 0 Å². The van der Waals surface area contributed by atoms with Gasteiger partial charge in [0.25, 0.3) is 0 Å². The Balaban J connectivity index is 2.27. The summed E-state index contributed by atoms with van der Waals surface area (Å²) in [6, 6.07) is 0.180. The first-order valence-corrected chi connectivity index (χ1v) is 7.02. The third kappa shape index (κ3) is 4.97. The summed E-state index contributed by atoms with van der Waals surface area (Å²) < 4.78 is 1.09. The third-order valence-corrected chi connectivity index (χ3v) is 4.21. The van der Waals surface area contributed by atoms with E-state index in [0.29, 0.717) is 0 Å². The van der Waals surface area contributed by atoms with Crippen molar-refractivity contribution >= 4 is 23.1 Å². The Kier molecular flexibility index (Phi) is 6.24. The number of nitrogens with one attached hydrogen (secondary N) is 1. The lowest BCUT2D eigenvalue weighted by Crippen LogP contribution is -2.35. The molecule has 1 atom stereocenters. The largest absolute Gasteiger partial charge is 0.395 e. The Morgan fingerprint density at radius 3 is 3.00 bits per heavy atom. The van der Waals surface area contributed by atoms with Crippen LogP contribution in [0, 0.1) is 6.92 Å². The number of thioether (sulfide) groups is 1. The zero-order chi connectivity index (χ0) is 11.1. The number of nitrogens with zero attached hydrogens (tertiary/aromatic N) is 1. The fourth-order valence-electron chi connectivity index (χ4n) is 1.10.